The third-order valence-corrected chi connectivity index (χ3v) is 2.92. The van der Waals surface area contributed by atoms with E-state index in [0.717, 1.165) is 17.8 Å². The van der Waals surface area contributed by atoms with Gasteiger partial charge in [-0.15, -0.1) is 0 Å². The molecule has 0 aliphatic carbocycles. The largest absolute Gasteiger partial charge is 0.387 e. The maximum absolute atomic E-state index is 13.6. The van der Waals surface area contributed by atoms with Crippen molar-refractivity contribution in [3.05, 3.63) is 46.7 Å². The number of benzene rings is 1. The van der Waals surface area contributed by atoms with Gasteiger partial charge >= 0.3 is 0 Å². The normalized spacial score (nSPS) is 10.2. The number of anilines is 3. The summed E-state index contributed by atoms with van der Waals surface area (Å²) < 4.78 is 27.0. The number of nitrogens with zero attached hydrogens (tertiary/aromatic N) is 1. The van der Waals surface area contributed by atoms with E-state index >= 15 is 0 Å². The number of aromatic nitrogens is 1. The molecule has 0 radical (unpaired) electrons. The Hall–Kier alpha value is -1.69. The Kier molecular flexibility index (Phi) is 3.76. The predicted octanol–water partition coefficient (Wildman–Crippen LogP) is 3.91. The molecule has 1 aromatic carbocycles. The molecule has 2 N–H and O–H groups in total. The molecule has 0 atom stereocenters. The predicted molar refractivity (Wildman–Crippen MR) is 71.1 cm³/mol. The molecule has 0 aliphatic heterocycles. The van der Waals surface area contributed by atoms with E-state index in [1.165, 1.54) is 6.20 Å². The molecule has 18 heavy (non-hydrogen) atoms. The molecule has 0 bridgehead atoms. The van der Waals surface area contributed by atoms with Crippen LogP contribution < -0.4 is 10.6 Å². The monoisotopic (exact) mass is 313 g/mol. The summed E-state index contributed by atoms with van der Waals surface area (Å²) in [4.78, 5) is 3.97. The zero-order chi connectivity index (χ0) is 13.1. The molecule has 1 aromatic heterocycles. The second-order valence-corrected chi connectivity index (χ2v) is 4.44. The smallest absolute Gasteiger partial charge is 0.147 e. The van der Waals surface area contributed by atoms with E-state index in [1.807, 2.05) is 0 Å². The van der Waals surface area contributed by atoms with Gasteiger partial charge in [-0.2, -0.15) is 0 Å². The lowest BCUT2D eigenvalue weighted by Crippen LogP contribution is -1.97. The molecular weight excluding hydrogens is 304 g/mol. The van der Waals surface area contributed by atoms with E-state index in [0.29, 0.717) is 5.69 Å². The first-order chi connectivity index (χ1) is 8.60. The van der Waals surface area contributed by atoms with Gasteiger partial charge in [-0.1, -0.05) is 0 Å². The van der Waals surface area contributed by atoms with Gasteiger partial charge in [0, 0.05) is 13.1 Å². The molecule has 0 fully saturated rings. The molecule has 1 heterocycles. The standard InChI is InChI=1S/C12H10BrF2N3/c1-16-7-2-8(6-17-5-7)18-12-4-10(14)9(13)3-11(12)15/h2-6,16,18H,1H3. The minimum absolute atomic E-state index is 0.0609. The van der Waals surface area contributed by atoms with Crippen molar-refractivity contribution >= 4 is 33.0 Å². The highest BCUT2D eigenvalue weighted by molar-refractivity contribution is 9.10. The summed E-state index contributed by atoms with van der Waals surface area (Å²) in [5.74, 6) is -1.07. The highest BCUT2D eigenvalue weighted by atomic mass is 79.9. The van der Waals surface area contributed by atoms with Crippen LogP contribution in [-0.4, -0.2) is 12.0 Å². The molecule has 2 rings (SSSR count). The van der Waals surface area contributed by atoms with Gasteiger partial charge in [-0.25, -0.2) is 8.78 Å². The second-order valence-electron chi connectivity index (χ2n) is 3.58. The van der Waals surface area contributed by atoms with E-state index in [-0.39, 0.29) is 10.2 Å². The Morgan fingerprint density at radius 3 is 2.50 bits per heavy atom. The zero-order valence-electron chi connectivity index (χ0n) is 9.47. The maximum atomic E-state index is 13.6. The van der Waals surface area contributed by atoms with Crippen LogP contribution in [0.3, 0.4) is 0 Å². The Morgan fingerprint density at radius 2 is 1.78 bits per heavy atom. The van der Waals surface area contributed by atoms with Crippen molar-refractivity contribution in [2.75, 3.05) is 17.7 Å². The van der Waals surface area contributed by atoms with Gasteiger partial charge < -0.3 is 10.6 Å². The number of hydrogen-bond donors (Lipinski definition) is 2. The molecule has 0 saturated carbocycles. The van der Waals surface area contributed by atoms with Crippen LogP contribution in [0.25, 0.3) is 0 Å². The Labute approximate surface area is 111 Å². The number of halogens is 3. The molecule has 0 saturated heterocycles. The fourth-order valence-corrected chi connectivity index (χ4v) is 1.73. The Morgan fingerprint density at radius 1 is 1.06 bits per heavy atom. The van der Waals surface area contributed by atoms with Crippen LogP contribution in [0.1, 0.15) is 0 Å². The number of rotatable bonds is 3. The van der Waals surface area contributed by atoms with Crippen molar-refractivity contribution in [3.8, 4) is 0 Å². The van der Waals surface area contributed by atoms with Crippen LogP contribution in [0.15, 0.2) is 35.1 Å². The van der Waals surface area contributed by atoms with Gasteiger partial charge in [0.15, 0.2) is 0 Å². The van der Waals surface area contributed by atoms with Crippen molar-refractivity contribution < 1.29 is 8.78 Å². The first-order valence-electron chi connectivity index (χ1n) is 5.14. The highest BCUT2D eigenvalue weighted by Gasteiger charge is 2.08. The second kappa shape index (κ2) is 5.30. The Balaban J connectivity index is 2.30. The average Bonchev–Trinajstić information content (AvgIpc) is 2.36. The molecule has 94 valence electrons. The van der Waals surface area contributed by atoms with Crippen LogP contribution >= 0.6 is 15.9 Å². The molecule has 3 nitrogen and oxygen atoms in total. The fraction of sp³-hybridized carbons (Fsp3) is 0.0833. The van der Waals surface area contributed by atoms with Crippen molar-refractivity contribution in [2.24, 2.45) is 0 Å². The SMILES string of the molecule is CNc1cncc(Nc2cc(F)c(Br)cc2F)c1. The number of pyridine rings is 1. The number of hydrogen-bond acceptors (Lipinski definition) is 3. The lowest BCUT2D eigenvalue weighted by atomic mass is 10.2. The third kappa shape index (κ3) is 2.76. The van der Waals surface area contributed by atoms with Crippen LogP contribution in [0.5, 0.6) is 0 Å². The van der Waals surface area contributed by atoms with Gasteiger partial charge in [-0.3, -0.25) is 4.98 Å². The lowest BCUT2D eigenvalue weighted by Gasteiger charge is -2.09. The molecular formula is C12H10BrF2N3. The third-order valence-electron chi connectivity index (χ3n) is 2.32. The topological polar surface area (TPSA) is 37.0 Å². The fourth-order valence-electron chi connectivity index (χ4n) is 1.42. The summed E-state index contributed by atoms with van der Waals surface area (Å²) in [6.45, 7) is 0. The first-order valence-corrected chi connectivity index (χ1v) is 5.94. The van der Waals surface area contributed by atoms with E-state index < -0.39 is 11.6 Å². The van der Waals surface area contributed by atoms with E-state index in [4.69, 9.17) is 0 Å². The molecule has 0 aliphatic rings. The van der Waals surface area contributed by atoms with Gasteiger partial charge in [0.25, 0.3) is 0 Å². The molecule has 0 unspecified atom stereocenters. The number of nitrogens with one attached hydrogen (secondary N) is 2. The van der Waals surface area contributed by atoms with Crippen LogP contribution in [0.4, 0.5) is 25.8 Å². The highest BCUT2D eigenvalue weighted by Crippen LogP contribution is 2.26. The summed E-state index contributed by atoms with van der Waals surface area (Å²) in [5.41, 5.74) is 1.41. The molecule has 2 aromatic rings. The van der Waals surface area contributed by atoms with Crippen molar-refractivity contribution in [1.82, 2.24) is 4.98 Å². The summed E-state index contributed by atoms with van der Waals surface area (Å²) in [6, 6.07) is 3.91. The van der Waals surface area contributed by atoms with E-state index in [2.05, 4.69) is 31.5 Å². The first kappa shape index (κ1) is 12.8. The van der Waals surface area contributed by atoms with Gasteiger partial charge in [0.2, 0.25) is 0 Å². The van der Waals surface area contributed by atoms with Crippen LogP contribution in [-0.2, 0) is 0 Å². The van der Waals surface area contributed by atoms with Crippen molar-refractivity contribution in [2.45, 2.75) is 0 Å². The lowest BCUT2D eigenvalue weighted by molar-refractivity contribution is 0.598. The Bertz CT molecular complexity index is 575. The van der Waals surface area contributed by atoms with Gasteiger partial charge in [-0.05, 0) is 28.1 Å². The molecule has 0 amide bonds. The maximum Gasteiger partial charge on any atom is 0.147 e. The summed E-state index contributed by atoms with van der Waals surface area (Å²) in [6.07, 6.45) is 3.16. The minimum atomic E-state index is -0.543. The minimum Gasteiger partial charge on any atom is -0.387 e. The van der Waals surface area contributed by atoms with Crippen molar-refractivity contribution in [3.63, 3.8) is 0 Å². The quantitative estimate of drug-likeness (QED) is 0.844. The van der Waals surface area contributed by atoms with Gasteiger partial charge in [0.05, 0.1) is 33.9 Å². The van der Waals surface area contributed by atoms with E-state index in [9.17, 15) is 8.78 Å². The molecule has 6 heteroatoms. The molecule has 0 spiro atoms. The van der Waals surface area contributed by atoms with Crippen molar-refractivity contribution in [1.29, 1.82) is 0 Å². The zero-order valence-corrected chi connectivity index (χ0v) is 11.1. The van der Waals surface area contributed by atoms with Crippen LogP contribution in [0.2, 0.25) is 0 Å². The summed E-state index contributed by atoms with van der Waals surface area (Å²) in [5, 5.41) is 5.69. The van der Waals surface area contributed by atoms with Gasteiger partial charge in [0.1, 0.15) is 11.6 Å². The summed E-state index contributed by atoms with van der Waals surface area (Å²) >= 11 is 2.92. The van der Waals surface area contributed by atoms with E-state index in [1.54, 1.807) is 19.3 Å². The van der Waals surface area contributed by atoms with Crippen LogP contribution in [0, 0.1) is 11.6 Å². The summed E-state index contributed by atoms with van der Waals surface area (Å²) in [7, 11) is 1.75. The average molecular weight is 314 g/mol.